The second-order valence-electron chi connectivity index (χ2n) is 5.75. The second-order valence-corrected chi connectivity index (χ2v) is 6.74. The van der Waals surface area contributed by atoms with Crippen LogP contribution < -0.4 is 10.1 Å². The molecule has 2 aromatic heterocycles. The van der Waals surface area contributed by atoms with Crippen LogP contribution in [0.2, 0.25) is 0 Å². The average Bonchev–Trinajstić information content (AvgIpc) is 3.11. The summed E-state index contributed by atoms with van der Waals surface area (Å²) in [5, 5.41) is 6.69. The molecule has 0 aliphatic carbocycles. The van der Waals surface area contributed by atoms with Crippen LogP contribution in [0.1, 0.15) is 23.0 Å². The Bertz CT molecular complexity index is 853. The Hall–Kier alpha value is -2.87. The van der Waals surface area contributed by atoms with E-state index in [2.05, 4.69) is 20.4 Å². The number of benzene rings is 1. The maximum Gasteiger partial charge on any atom is 0.230 e. The minimum Gasteiger partial charge on any atom is -0.487 e. The summed E-state index contributed by atoms with van der Waals surface area (Å²) in [5.74, 6) is 2.76. The van der Waals surface area contributed by atoms with E-state index in [9.17, 15) is 4.79 Å². The first kappa shape index (κ1) is 18.9. The van der Waals surface area contributed by atoms with Gasteiger partial charge in [0.1, 0.15) is 12.4 Å². The van der Waals surface area contributed by atoms with Gasteiger partial charge in [0.2, 0.25) is 11.8 Å². The van der Waals surface area contributed by atoms with Crippen molar-refractivity contribution in [3.63, 3.8) is 0 Å². The molecule has 0 bridgehead atoms. The van der Waals surface area contributed by atoms with Crippen molar-refractivity contribution in [2.45, 2.75) is 25.8 Å². The normalized spacial score (nSPS) is 10.6. The number of rotatable bonds is 9. The first-order chi connectivity index (χ1) is 13.2. The Kier molecular flexibility index (Phi) is 6.81. The number of aryl methyl sites for hydroxylation is 1. The van der Waals surface area contributed by atoms with Crippen molar-refractivity contribution in [3.05, 3.63) is 71.6 Å². The molecule has 1 aromatic carbocycles. The maximum absolute atomic E-state index is 11.9. The topological polar surface area (TPSA) is 90.1 Å². The fraction of sp³-hybridized carbons (Fsp3) is 0.263. The molecule has 0 unspecified atom stereocenters. The van der Waals surface area contributed by atoms with E-state index in [4.69, 9.17) is 9.26 Å². The molecule has 0 fully saturated rings. The van der Waals surface area contributed by atoms with Crippen LogP contribution in [0.5, 0.6) is 5.75 Å². The number of thioether (sulfide) groups is 1. The monoisotopic (exact) mass is 384 g/mol. The lowest BCUT2D eigenvalue weighted by atomic mass is 10.2. The van der Waals surface area contributed by atoms with Gasteiger partial charge in [-0.3, -0.25) is 9.78 Å². The summed E-state index contributed by atoms with van der Waals surface area (Å²) in [7, 11) is 0. The molecular weight excluding hydrogens is 364 g/mol. The van der Waals surface area contributed by atoms with Crippen LogP contribution in [-0.2, 0) is 23.7 Å². The van der Waals surface area contributed by atoms with E-state index in [1.165, 1.54) is 11.8 Å². The van der Waals surface area contributed by atoms with Crippen LogP contribution in [0.15, 0.2) is 53.2 Å². The fourth-order valence-corrected chi connectivity index (χ4v) is 2.92. The van der Waals surface area contributed by atoms with Gasteiger partial charge < -0.3 is 14.6 Å². The van der Waals surface area contributed by atoms with Gasteiger partial charge in [0.15, 0.2) is 5.82 Å². The third-order valence-electron chi connectivity index (χ3n) is 3.56. The zero-order valence-corrected chi connectivity index (χ0v) is 15.7. The van der Waals surface area contributed by atoms with Crippen molar-refractivity contribution in [1.29, 1.82) is 0 Å². The molecule has 8 heteroatoms. The van der Waals surface area contributed by atoms with Gasteiger partial charge in [-0.25, -0.2) is 0 Å². The highest BCUT2D eigenvalue weighted by molar-refractivity contribution is 7.99. The Morgan fingerprint density at radius 3 is 2.78 bits per heavy atom. The number of ether oxygens (including phenoxy) is 1. The molecule has 2 heterocycles. The zero-order chi connectivity index (χ0) is 18.9. The van der Waals surface area contributed by atoms with Gasteiger partial charge in [0, 0.05) is 19.7 Å². The van der Waals surface area contributed by atoms with Crippen LogP contribution in [0.3, 0.4) is 0 Å². The smallest absolute Gasteiger partial charge is 0.230 e. The van der Waals surface area contributed by atoms with E-state index in [0.717, 1.165) is 17.0 Å². The van der Waals surface area contributed by atoms with Gasteiger partial charge >= 0.3 is 0 Å². The summed E-state index contributed by atoms with van der Waals surface area (Å²) < 4.78 is 10.6. The van der Waals surface area contributed by atoms with E-state index < -0.39 is 0 Å². The molecule has 7 nitrogen and oxygen atoms in total. The van der Waals surface area contributed by atoms with E-state index in [1.54, 1.807) is 13.1 Å². The Balaban J connectivity index is 1.36. The molecule has 1 N–H and O–H groups in total. The van der Waals surface area contributed by atoms with Gasteiger partial charge in [0.25, 0.3) is 0 Å². The van der Waals surface area contributed by atoms with Crippen molar-refractivity contribution >= 4 is 17.7 Å². The average molecular weight is 384 g/mol. The highest BCUT2D eigenvalue weighted by atomic mass is 32.2. The molecule has 140 valence electrons. The second kappa shape index (κ2) is 9.72. The van der Waals surface area contributed by atoms with Gasteiger partial charge in [-0.05, 0) is 29.8 Å². The van der Waals surface area contributed by atoms with Crippen molar-refractivity contribution in [3.8, 4) is 5.75 Å². The SMILES string of the molecule is Cc1nc(CSCC(=O)NCc2ccc(OCc3ccccn3)cc2)no1. The van der Waals surface area contributed by atoms with Crippen LogP contribution >= 0.6 is 11.8 Å². The third kappa shape index (κ3) is 6.41. The summed E-state index contributed by atoms with van der Waals surface area (Å²) in [6, 6.07) is 13.4. The fourth-order valence-electron chi connectivity index (χ4n) is 2.23. The summed E-state index contributed by atoms with van der Waals surface area (Å²) in [6.07, 6.45) is 1.74. The first-order valence-electron chi connectivity index (χ1n) is 8.44. The lowest BCUT2D eigenvalue weighted by Gasteiger charge is -2.08. The molecule has 0 radical (unpaired) electrons. The number of amides is 1. The zero-order valence-electron chi connectivity index (χ0n) is 14.9. The standard InChI is InChI=1S/C19H20N4O3S/c1-14-22-18(23-26-14)12-27-13-19(24)21-10-15-5-7-17(8-6-15)25-11-16-4-2-3-9-20-16/h2-9H,10-13H2,1H3,(H,21,24). The number of hydrogen-bond acceptors (Lipinski definition) is 7. The minimum absolute atomic E-state index is 0.0318. The largest absolute Gasteiger partial charge is 0.487 e. The van der Waals surface area contributed by atoms with Gasteiger partial charge in [-0.15, -0.1) is 11.8 Å². The highest BCUT2D eigenvalue weighted by Crippen LogP contribution is 2.14. The number of aromatic nitrogens is 3. The molecule has 1 amide bonds. The molecule has 0 spiro atoms. The number of carbonyl (C=O) groups excluding carboxylic acids is 1. The molecule has 3 rings (SSSR count). The first-order valence-corrected chi connectivity index (χ1v) is 9.60. The van der Waals surface area contributed by atoms with Crippen molar-refractivity contribution in [2.24, 2.45) is 0 Å². The lowest BCUT2D eigenvalue weighted by molar-refractivity contribution is -0.118. The quantitative estimate of drug-likeness (QED) is 0.606. The number of nitrogens with one attached hydrogen (secondary N) is 1. The number of carbonyl (C=O) groups is 1. The number of nitrogens with zero attached hydrogens (tertiary/aromatic N) is 3. The van der Waals surface area contributed by atoms with Crippen LogP contribution in [0.4, 0.5) is 0 Å². The van der Waals surface area contributed by atoms with Gasteiger partial charge in [-0.2, -0.15) is 4.98 Å². The lowest BCUT2D eigenvalue weighted by Crippen LogP contribution is -2.24. The Morgan fingerprint density at radius 2 is 2.07 bits per heavy atom. The van der Waals surface area contributed by atoms with Crippen molar-refractivity contribution in [1.82, 2.24) is 20.4 Å². The molecular formula is C19H20N4O3S. The predicted molar refractivity (Wildman–Crippen MR) is 102 cm³/mol. The Morgan fingerprint density at radius 1 is 1.22 bits per heavy atom. The molecule has 3 aromatic rings. The molecule has 0 atom stereocenters. The molecule has 27 heavy (non-hydrogen) atoms. The maximum atomic E-state index is 11.9. The third-order valence-corrected chi connectivity index (χ3v) is 4.49. The van der Waals surface area contributed by atoms with Crippen molar-refractivity contribution in [2.75, 3.05) is 5.75 Å². The van der Waals surface area contributed by atoms with Crippen molar-refractivity contribution < 1.29 is 14.1 Å². The summed E-state index contributed by atoms with van der Waals surface area (Å²) in [6.45, 7) is 2.64. The summed E-state index contributed by atoms with van der Waals surface area (Å²) in [4.78, 5) is 20.2. The van der Waals surface area contributed by atoms with E-state index in [1.807, 2.05) is 42.5 Å². The minimum atomic E-state index is -0.0318. The molecule has 0 aliphatic heterocycles. The Labute approximate surface area is 161 Å². The highest BCUT2D eigenvalue weighted by Gasteiger charge is 2.06. The predicted octanol–water partition coefficient (Wildman–Crippen LogP) is 2.90. The summed E-state index contributed by atoms with van der Waals surface area (Å²) in [5.41, 5.74) is 1.88. The van der Waals surface area contributed by atoms with Gasteiger partial charge in [-0.1, -0.05) is 23.4 Å². The van der Waals surface area contributed by atoms with E-state index >= 15 is 0 Å². The van der Waals surface area contributed by atoms with Gasteiger partial charge in [0.05, 0.1) is 17.2 Å². The van der Waals surface area contributed by atoms with Crippen LogP contribution in [0.25, 0.3) is 0 Å². The summed E-state index contributed by atoms with van der Waals surface area (Å²) >= 11 is 1.45. The number of pyridine rings is 1. The molecule has 0 saturated carbocycles. The van der Waals surface area contributed by atoms with Crippen LogP contribution in [-0.4, -0.2) is 26.8 Å². The van der Waals surface area contributed by atoms with Crippen LogP contribution in [0, 0.1) is 6.92 Å². The molecule has 0 saturated heterocycles. The van der Waals surface area contributed by atoms with E-state index in [-0.39, 0.29) is 5.91 Å². The van der Waals surface area contributed by atoms with E-state index in [0.29, 0.717) is 36.4 Å². The number of hydrogen-bond donors (Lipinski definition) is 1. The molecule has 0 aliphatic rings.